The van der Waals surface area contributed by atoms with Gasteiger partial charge in [-0.2, -0.15) is 10.2 Å². The molecular weight excluding hydrogens is 387 g/mol. The molecule has 4 atom stereocenters. The number of nitrogens with zero attached hydrogens (tertiary/aromatic N) is 6. The molecule has 1 aliphatic heterocycles. The van der Waals surface area contributed by atoms with E-state index in [0.717, 1.165) is 23.3 Å². The number of fused-ring (bicyclic) bond motifs is 2. The maximum atomic E-state index is 14.6. The monoisotopic (exact) mass is 408 g/mol. The summed E-state index contributed by atoms with van der Waals surface area (Å²) in [6, 6.07) is 4.38. The van der Waals surface area contributed by atoms with Crippen molar-refractivity contribution in [1.29, 1.82) is 0 Å². The van der Waals surface area contributed by atoms with Crippen LogP contribution in [0.25, 0.3) is 5.69 Å². The minimum atomic E-state index is -0.545. The van der Waals surface area contributed by atoms with Crippen molar-refractivity contribution in [1.82, 2.24) is 29.9 Å². The number of hydrogen-bond donors (Lipinski definition) is 0. The van der Waals surface area contributed by atoms with Crippen molar-refractivity contribution in [2.24, 2.45) is 5.92 Å². The van der Waals surface area contributed by atoms with E-state index in [-0.39, 0.29) is 35.3 Å². The average Bonchev–Trinajstić information content (AvgIpc) is 3.46. The van der Waals surface area contributed by atoms with Crippen LogP contribution < -0.4 is 4.74 Å². The summed E-state index contributed by atoms with van der Waals surface area (Å²) in [4.78, 5) is 25.0. The third-order valence-electron chi connectivity index (χ3n) is 6.09. The molecule has 9 heteroatoms. The first kappa shape index (κ1) is 18.7. The Bertz CT molecular complexity index is 1070. The van der Waals surface area contributed by atoms with Gasteiger partial charge in [-0.25, -0.2) is 9.37 Å². The summed E-state index contributed by atoms with van der Waals surface area (Å²) >= 11 is 0. The molecule has 4 unspecified atom stereocenters. The van der Waals surface area contributed by atoms with Crippen LogP contribution in [-0.4, -0.2) is 54.0 Å². The zero-order chi connectivity index (χ0) is 20.8. The number of halogens is 1. The number of amides is 1. The Morgan fingerprint density at radius 2 is 1.97 bits per heavy atom. The Labute approximate surface area is 172 Å². The minimum Gasteiger partial charge on any atom is -0.471 e. The lowest BCUT2D eigenvalue weighted by atomic mass is 9.98. The normalized spacial score (nSPS) is 25.0. The first-order valence-electron chi connectivity index (χ1n) is 9.96. The van der Waals surface area contributed by atoms with E-state index in [1.165, 1.54) is 24.5 Å². The van der Waals surface area contributed by atoms with E-state index in [9.17, 15) is 9.18 Å². The predicted molar refractivity (Wildman–Crippen MR) is 105 cm³/mol. The van der Waals surface area contributed by atoms with Crippen molar-refractivity contribution in [3.63, 3.8) is 0 Å². The standard InChI is InChI=1S/C21H21FN6O2/c1-12-10-24-19(11-23-12)30-18-9-14-8-17(18)27(13(14)2)21(29)15-4-3-5-16(22)20(15)28-25-6-7-26-28/h3-7,10-11,13-14,17-18H,8-9H2,1-2H3. The molecule has 154 valence electrons. The number of carbonyl (C=O) groups is 1. The topological polar surface area (TPSA) is 86.0 Å². The molecule has 1 saturated heterocycles. The van der Waals surface area contributed by atoms with Crippen LogP contribution in [0.5, 0.6) is 5.88 Å². The van der Waals surface area contributed by atoms with E-state index < -0.39 is 5.82 Å². The van der Waals surface area contributed by atoms with E-state index in [1.54, 1.807) is 18.5 Å². The van der Waals surface area contributed by atoms with Crippen LogP contribution in [0.3, 0.4) is 0 Å². The summed E-state index contributed by atoms with van der Waals surface area (Å²) in [6.07, 6.45) is 7.69. The fourth-order valence-corrected chi connectivity index (χ4v) is 4.65. The molecule has 2 aromatic heterocycles. The molecule has 3 heterocycles. The van der Waals surface area contributed by atoms with Crippen LogP contribution in [0.4, 0.5) is 4.39 Å². The molecule has 2 aliphatic rings. The van der Waals surface area contributed by atoms with Gasteiger partial charge in [0.1, 0.15) is 11.8 Å². The van der Waals surface area contributed by atoms with Gasteiger partial charge in [-0.1, -0.05) is 6.07 Å². The van der Waals surface area contributed by atoms with Gasteiger partial charge >= 0.3 is 0 Å². The van der Waals surface area contributed by atoms with Crippen LogP contribution in [-0.2, 0) is 0 Å². The fourth-order valence-electron chi connectivity index (χ4n) is 4.65. The summed E-state index contributed by atoms with van der Waals surface area (Å²) in [5, 5.41) is 8.03. The molecule has 2 fully saturated rings. The second-order valence-corrected chi connectivity index (χ2v) is 7.86. The van der Waals surface area contributed by atoms with Gasteiger partial charge in [-0.15, -0.1) is 4.80 Å². The van der Waals surface area contributed by atoms with Crippen molar-refractivity contribution in [3.05, 3.63) is 60.1 Å². The number of hydrogen-bond acceptors (Lipinski definition) is 6. The van der Waals surface area contributed by atoms with Crippen molar-refractivity contribution in [2.45, 2.75) is 44.9 Å². The van der Waals surface area contributed by atoms with Crippen molar-refractivity contribution < 1.29 is 13.9 Å². The van der Waals surface area contributed by atoms with Gasteiger partial charge in [0, 0.05) is 6.04 Å². The smallest absolute Gasteiger partial charge is 0.256 e. The third kappa shape index (κ3) is 3.01. The van der Waals surface area contributed by atoms with Crippen LogP contribution in [0.2, 0.25) is 0 Å². The number of carbonyl (C=O) groups excluding carboxylic acids is 1. The zero-order valence-electron chi connectivity index (χ0n) is 16.6. The molecular formula is C21H21FN6O2. The lowest BCUT2D eigenvalue weighted by Crippen LogP contribution is -2.51. The zero-order valence-corrected chi connectivity index (χ0v) is 16.6. The quantitative estimate of drug-likeness (QED) is 0.660. The van der Waals surface area contributed by atoms with Crippen LogP contribution in [0, 0.1) is 18.7 Å². The Balaban J connectivity index is 1.45. The number of aromatic nitrogens is 5. The van der Waals surface area contributed by atoms with E-state index >= 15 is 0 Å². The highest BCUT2D eigenvalue weighted by Crippen LogP contribution is 2.44. The maximum absolute atomic E-state index is 14.6. The Morgan fingerprint density at radius 3 is 2.67 bits per heavy atom. The second kappa shape index (κ2) is 7.16. The Hall–Kier alpha value is -3.36. The molecule has 8 nitrogen and oxygen atoms in total. The number of para-hydroxylation sites is 1. The summed E-state index contributed by atoms with van der Waals surface area (Å²) < 4.78 is 20.7. The lowest BCUT2D eigenvalue weighted by molar-refractivity contribution is 0.0312. The molecule has 1 aliphatic carbocycles. The Morgan fingerprint density at radius 1 is 1.17 bits per heavy atom. The van der Waals surface area contributed by atoms with E-state index in [2.05, 4.69) is 20.2 Å². The molecule has 3 aromatic rings. The number of benzene rings is 1. The Kier molecular flexibility index (Phi) is 4.45. The van der Waals surface area contributed by atoms with Gasteiger partial charge in [0.05, 0.1) is 42.1 Å². The molecule has 0 spiro atoms. The van der Waals surface area contributed by atoms with Gasteiger partial charge < -0.3 is 9.64 Å². The molecule has 1 amide bonds. The van der Waals surface area contributed by atoms with Crippen molar-refractivity contribution >= 4 is 5.91 Å². The molecule has 0 radical (unpaired) electrons. The predicted octanol–water partition coefficient (Wildman–Crippen LogP) is 2.58. The van der Waals surface area contributed by atoms with Gasteiger partial charge in [0.2, 0.25) is 5.88 Å². The molecule has 2 bridgehead atoms. The van der Waals surface area contributed by atoms with Crippen LogP contribution >= 0.6 is 0 Å². The molecule has 1 aromatic carbocycles. The second-order valence-electron chi connectivity index (χ2n) is 7.86. The number of ether oxygens (including phenoxy) is 1. The van der Waals surface area contributed by atoms with E-state index in [0.29, 0.717) is 11.8 Å². The maximum Gasteiger partial charge on any atom is 0.256 e. The number of aryl methyl sites for hydroxylation is 1. The third-order valence-corrected chi connectivity index (χ3v) is 6.09. The molecule has 1 saturated carbocycles. The average molecular weight is 408 g/mol. The summed E-state index contributed by atoms with van der Waals surface area (Å²) in [5.41, 5.74) is 1.11. The SMILES string of the molecule is Cc1cnc(OC2CC3CC2N(C(=O)c2cccc(F)c2-n2nccn2)C3C)cn1. The van der Waals surface area contributed by atoms with Crippen LogP contribution in [0.1, 0.15) is 35.8 Å². The van der Waals surface area contributed by atoms with Crippen molar-refractivity contribution in [3.8, 4) is 11.6 Å². The van der Waals surface area contributed by atoms with Crippen LogP contribution in [0.15, 0.2) is 43.0 Å². The number of piperidine rings is 1. The van der Waals surface area contributed by atoms with Gasteiger partial charge in [0.15, 0.2) is 5.82 Å². The highest BCUT2D eigenvalue weighted by molar-refractivity contribution is 5.98. The summed E-state index contributed by atoms with van der Waals surface area (Å²) in [6.45, 7) is 3.90. The first-order valence-corrected chi connectivity index (χ1v) is 9.96. The van der Waals surface area contributed by atoms with E-state index in [4.69, 9.17) is 4.74 Å². The number of likely N-dealkylation sites (tertiary alicyclic amines) is 1. The lowest BCUT2D eigenvalue weighted by Gasteiger charge is -2.37. The fraction of sp³-hybridized carbons (Fsp3) is 0.381. The van der Waals surface area contributed by atoms with E-state index in [1.807, 2.05) is 18.7 Å². The summed E-state index contributed by atoms with van der Waals surface area (Å²) in [7, 11) is 0. The minimum absolute atomic E-state index is 0.0353. The molecule has 0 N–H and O–H groups in total. The van der Waals surface area contributed by atoms with Gasteiger partial charge in [0.25, 0.3) is 5.91 Å². The highest BCUT2D eigenvalue weighted by atomic mass is 19.1. The largest absolute Gasteiger partial charge is 0.471 e. The highest BCUT2D eigenvalue weighted by Gasteiger charge is 2.53. The first-order chi connectivity index (χ1) is 14.5. The molecule has 5 rings (SSSR count). The summed E-state index contributed by atoms with van der Waals surface area (Å²) in [5.74, 6) is -0.0190. The number of rotatable bonds is 4. The van der Waals surface area contributed by atoms with Gasteiger partial charge in [-0.3, -0.25) is 9.78 Å². The van der Waals surface area contributed by atoms with Gasteiger partial charge in [-0.05, 0) is 44.7 Å². The molecule has 30 heavy (non-hydrogen) atoms. The van der Waals surface area contributed by atoms with Crippen molar-refractivity contribution in [2.75, 3.05) is 0 Å².